The Kier molecular flexibility index (Phi) is 3.88. The average Bonchev–Trinajstić information content (AvgIpc) is 2.97. The van der Waals surface area contributed by atoms with Gasteiger partial charge in [0.05, 0.1) is 28.3 Å². The normalized spacial score (nSPS) is 17.8. The van der Waals surface area contributed by atoms with E-state index >= 15 is 0 Å². The lowest BCUT2D eigenvalue weighted by molar-refractivity contribution is 0.143. The van der Waals surface area contributed by atoms with Gasteiger partial charge in [0.1, 0.15) is 6.10 Å². The van der Waals surface area contributed by atoms with Crippen molar-refractivity contribution in [2.75, 3.05) is 18.0 Å². The van der Waals surface area contributed by atoms with Gasteiger partial charge < -0.3 is 14.6 Å². The van der Waals surface area contributed by atoms with Crippen LogP contribution in [0.4, 0.5) is 10.5 Å². The largest absolute Gasteiger partial charge is 0.442 e. The molecule has 22 heavy (non-hydrogen) atoms. The van der Waals surface area contributed by atoms with Crippen LogP contribution in [0.1, 0.15) is 6.92 Å². The van der Waals surface area contributed by atoms with Gasteiger partial charge >= 0.3 is 11.0 Å². The molecule has 0 bridgehead atoms. The minimum absolute atomic E-state index is 0.0188. The number of amides is 1. The van der Waals surface area contributed by atoms with Crippen LogP contribution < -0.4 is 15.1 Å². The number of thiocarbonyl (C=S) groups is 1. The summed E-state index contributed by atoms with van der Waals surface area (Å²) in [6, 6.07) is 5.53. The molecule has 1 N–H and O–H groups in total. The number of benzene rings is 1. The van der Waals surface area contributed by atoms with Crippen molar-refractivity contribution in [1.82, 2.24) is 9.88 Å². The maximum atomic E-state index is 12.0. The molecule has 8 heteroatoms. The maximum absolute atomic E-state index is 12.0. The number of anilines is 1. The van der Waals surface area contributed by atoms with E-state index < -0.39 is 0 Å². The molecule has 1 saturated heterocycles. The molecule has 1 aromatic carbocycles. The Hall–Kier alpha value is -1.93. The molecule has 1 amide bonds. The van der Waals surface area contributed by atoms with Crippen molar-refractivity contribution >= 4 is 50.5 Å². The Labute approximate surface area is 136 Å². The highest BCUT2D eigenvalue weighted by molar-refractivity contribution is 7.80. The number of hydrogen-bond donors (Lipinski definition) is 1. The molecule has 1 aromatic heterocycles. The monoisotopic (exact) mass is 337 g/mol. The maximum Gasteiger partial charge on any atom is 0.414 e. The minimum atomic E-state index is -0.378. The Morgan fingerprint density at radius 1 is 1.50 bits per heavy atom. The predicted molar refractivity (Wildman–Crippen MR) is 91.0 cm³/mol. The Bertz CT molecular complexity index is 811. The standard InChI is InChI=1S/C14H15N3O3S2/c1-8(21)15-6-10-7-17(13(18)20-10)9-3-4-11-12(5-9)22-14(19)16(11)2/h3-5,10H,6-7H2,1-2H3,(H,15,21). The molecule has 1 atom stereocenters. The van der Waals surface area contributed by atoms with Crippen molar-refractivity contribution in [2.24, 2.45) is 7.05 Å². The molecule has 116 valence electrons. The molecular formula is C14H15N3O3S2. The van der Waals surface area contributed by atoms with Gasteiger partial charge in [-0.3, -0.25) is 9.69 Å². The van der Waals surface area contributed by atoms with E-state index in [9.17, 15) is 9.59 Å². The first-order valence-corrected chi connectivity index (χ1v) is 8.00. The second kappa shape index (κ2) is 5.69. The van der Waals surface area contributed by atoms with Gasteiger partial charge in [-0.15, -0.1) is 0 Å². The van der Waals surface area contributed by atoms with E-state index in [2.05, 4.69) is 5.32 Å². The molecule has 1 aliphatic heterocycles. The highest BCUT2D eigenvalue weighted by Crippen LogP contribution is 2.27. The number of aryl methyl sites for hydroxylation is 1. The van der Waals surface area contributed by atoms with Gasteiger partial charge in [-0.25, -0.2) is 4.79 Å². The molecule has 0 saturated carbocycles. The van der Waals surface area contributed by atoms with Gasteiger partial charge in [0, 0.05) is 12.7 Å². The third-order valence-corrected chi connectivity index (χ3v) is 4.68. The molecule has 0 spiro atoms. The summed E-state index contributed by atoms with van der Waals surface area (Å²) >= 11 is 6.12. The van der Waals surface area contributed by atoms with E-state index in [1.165, 1.54) is 11.3 Å². The Morgan fingerprint density at radius 3 is 3.00 bits per heavy atom. The molecule has 2 aromatic rings. The quantitative estimate of drug-likeness (QED) is 0.866. The fourth-order valence-corrected chi connectivity index (χ4v) is 3.38. The van der Waals surface area contributed by atoms with E-state index in [1.54, 1.807) is 23.4 Å². The molecule has 0 radical (unpaired) electrons. The zero-order valence-corrected chi connectivity index (χ0v) is 13.8. The van der Waals surface area contributed by atoms with Gasteiger partial charge in [-0.05, 0) is 25.1 Å². The number of cyclic esters (lactones) is 1. The highest BCUT2D eigenvalue weighted by Gasteiger charge is 2.32. The summed E-state index contributed by atoms with van der Waals surface area (Å²) in [7, 11) is 1.74. The van der Waals surface area contributed by atoms with Gasteiger partial charge in [0.15, 0.2) is 0 Å². The van der Waals surface area contributed by atoms with Crippen LogP contribution in [0, 0.1) is 0 Å². The van der Waals surface area contributed by atoms with Gasteiger partial charge in [0.25, 0.3) is 0 Å². The number of nitrogens with zero attached hydrogens (tertiary/aromatic N) is 2. The Balaban J connectivity index is 1.83. The number of ether oxygens (including phenoxy) is 1. The smallest absolute Gasteiger partial charge is 0.414 e. The van der Waals surface area contributed by atoms with Crippen molar-refractivity contribution in [3.63, 3.8) is 0 Å². The van der Waals surface area contributed by atoms with Crippen molar-refractivity contribution < 1.29 is 9.53 Å². The van der Waals surface area contributed by atoms with Crippen LogP contribution in [-0.2, 0) is 11.8 Å². The molecule has 2 heterocycles. The number of fused-ring (bicyclic) bond motifs is 1. The number of rotatable bonds is 3. The number of carbonyl (C=O) groups excluding carboxylic acids is 1. The molecular weight excluding hydrogens is 322 g/mol. The van der Waals surface area contributed by atoms with Gasteiger partial charge in [0.2, 0.25) is 0 Å². The summed E-state index contributed by atoms with van der Waals surface area (Å²) in [5, 5.41) is 3.01. The van der Waals surface area contributed by atoms with Gasteiger partial charge in [-0.2, -0.15) is 0 Å². The zero-order chi connectivity index (χ0) is 15.9. The van der Waals surface area contributed by atoms with Gasteiger partial charge in [-0.1, -0.05) is 23.6 Å². The lowest BCUT2D eigenvalue weighted by Gasteiger charge is -2.13. The lowest BCUT2D eigenvalue weighted by Crippen LogP contribution is -2.32. The minimum Gasteiger partial charge on any atom is -0.442 e. The summed E-state index contributed by atoms with van der Waals surface area (Å²) in [5.41, 5.74) is 1.60. The van der Waals surface area contributed by atoms with Crippen LogP contribution in [-0.4, -0.2) is 34.8 Å². The highest BCUT2D eigenvalue weighted by atomic mass is 32.1. The average molecular weight is 337 g/mol. The fourth-order valence-electron chi connectivity index (χ4n) is 2.39. The SMILES string of the molecule is CC(=S)NCC1CN(c2ccc3c(c2)sc(=O)n3C)C(=O)O1. The molecule has 0 aliphatic carbocycles. The van der Waals surface area contributed by atoms with Crippen molar-refractivity contribution in [3.05, 3.63) is 27.9 Å². The first kappa shape index (κ1) is 15.0. The van der Waals surface area contributed by atoms with Crippen molar-refractivity contribution in [2.45, 2.75) is 13.0 Å². The second-order valence-electron chi connectivity index (χ2n) is 5.13. The summed E-state index contributed by atoms with van der Waals surface area (Å²) in [4.78, 5) is 25.9. The fraction of sp³-hybridized carbons (Fsp3) is 0.357. The lowest BCUT2D eigenvalue weighted by atomic mass is 10.2. The Morgan fingerprint density at radius 2 is 2.27 bits per heavy atom. The van der Waals surface area contributed by atoms with Crippen LogP contribution in [0.2, 0.25) is 0 Å². The summed E-state index contributed by atoms with van der Waals surface area (Å²) in [5.74, 6) is 0. The summed E-state index contributed by atoms with van der Waals surface area (Å²) in [6.45, 7) is 2.75. The zero-order valence-electron chi connectivity index (χ0n) is 12.2. The van der Waals surface area contributed by atoms with Crippen LogP contribution in [0.25, 0.3) is 10.2 Å². The second-order valence-corrected chi connectivity index (χ2v) is 6.74. The number of aromatic nitrogens is 1. The third kappa shape index (κ3) is 2.71. The number of nitrogens with one attached hydrogen (secondary N) is 1. The molecule has 3 rings (SSSR count). The van der Waals surface area contributed by atoms with E-state index in [-0.39, 0.29) is 17.1 Å². The third-order valence-electron chi connectivity index (χ3n) is 3.54. The van der Waals surface area contributed by atoms with Crippen LogP contribution in [0.15, 0.2) is 23.0 Å². The molecule has 1 fully saturated rings. The summed E-state index contributed by atoms with van der Waals surface area (Å²) in [6.07, 6.45) is -0.618. The predicted octanol–water partition coefficient (Wildman–Crippen LogP) is 1.86. The molecule has 1 aliphatic rings. The van der Waals surface area contributed by atoms with E-state index in [0.29, 0.717) is 18.1 Å². The van der Waals surface area contributed by atoms with E-state index in [1.807, 2.05) is 18.2 Å². The number of carbonyl (C=O) groups is 1. The number of hydrogen-bond acceptors (Lipinski definition) is 5. The van der Waals surface area contributed by atoms with Crippen molar-refractivity contribution in [1.29, 1.82) is 0 Å². The topological polar surface area (TPSA) is 63.6 Å². The summed E-state index contributed by atoms with van der Waals surface area (Å²) < 4.78 is 7.77. The van der Waals surface area contributed by atoms with E-state index in [4.69, 9.17) is 17.0 Å². The number of thiazole rings is 1. The van der Waals surface area contributed by atoms with Crippen LogP contribution in [0.3, 0.4) is 0 Å². The first-order valence-electron chi connectivity index (χ1n) is 6.78. The molecule has 6 nitrogen and oxygen atoms in total. The van der Waals surface area contributed by atoms with E-state index in [0.717, 1.165) is 15.9 Å². The van der Waals surface area contributed by atoms with Crippen molar-refractivity contribution in [3.8, 4) is 0 Å². The van der Waals surface area contributed by atoms with Crippen LogP contribution in [0.5, 0.6) is 0 Å². The first-order chi connectivity index (χ1) is 10.5. The van der Waals surface area contributed by atoms with Crippen LogP contribution >= 0.6 is 23.6 Å². The molecule has 1 unspecified atom stereocenters.